The molecule has 0 unspecified atom stereocenters. The van der Waals surface area contributed by atoms with E-state index in [1.54, 1.807) is 12.1 Å². The Labute approximate surface area is 103 Å². The van der Waals surface area contributed by atoms with Gasteiger partial charge in [0.2, 0.25) is 0 Å². The van der Waals surface area contributed by atoms with E-state index in [0.29, 0.717) is 5.75 Å². The fourth-order valence-corrected chi connectivity index (χ4v) is 1.93. The van der Waals surface area contributed by atoms with Crippen molar-refractivity contribution < 1.29 is 5.11 Å². The highest BCUT2D eigenvalue weighted by atomic mass is 127. The molecule has 0 heterocycles. The fraction of sp³-hybridized carbons (Fsp3) is 0.0769. The van der Waals surface area contributed by atoms with Crippen molar-refractivity contribution in [2.24, 2.45) is 0 Å². The molecule has 0 amide bonds. The lowest BCUT2D eigenvalue weighted by atomic mass is 10.0. The second kappa shape index (κ2) is 4.23. The number of halogens is 1. The maximum atomic E-state index is 9.51. The highest BCUT2D eigenvalue weighted by Crippen LogP contribution is 2.25. The van der Waals surface area contributed by atoms with Crippen molar-refractivity contribution in [2.75, 3.05) is 0 Å². The van der Waals surface area contributed by atoms with Gasteiger partial charge in [-0.1, -0.05) is 18.2 Å². The van der Waals surface area contributed by atoms with Crippen molar-refractivity contribution in [2.45, 2.75) is 6.92 Å². The van der Waals surface area contributed by atoms with Gasteiger partial charge in [-0.3, -0.25) is 0 Å². The van der Waals surface area contributed by atoms with E-state index >= 15 is 0 Å². The summed E-state index contributed by atoms with van der Waals surface area (Å²) in [7, 11) is 0. The number of aromatic hydroxyl groups is 1. The summed E-state index contributed by atoms with van der Waals surface area (Å²) >= 11 is 2.28. The van der Waals surface area contributed by atoms with Crippen LogP contribution in [-0.2, 0) is 0 Å². The van der Waals surface area contributed by atoms with Gasteiger partial charge in [0.25, 0.3) is 0 Å². The highest BCUT2D eigenvalue weighted by Gasteiger charge is 2.00. The molecule has 0 fully saturated rings. The summed E-state index contributed by atoms with van der Waals surface area (Å²) in [6, 6.07) is 13.9. The van der Waals surface area contributed by atoms with Gasteiger partial charge in [0.1, 0.15) is 5.75 Å². The summed E-state index contributed by atoms with van der Waals surface area (Å²) in [5.74, 6) is 0.323. The molecule has 0 atom stereocenters. The van der Waals surface area contributed by atoms with Crippen LogP contribution >= 0.6 is 22.6 Å². The first-order valence-corrected chi connectivity index (χ1v) is 5.79. The fourth-order valence-electron chi connectivity index (χ4n) is 1.57. The van der Waals surface area contributed by atoms with Crippen LogP contribution in [0, 0.1) is 10.5 Å². The molecule has 0 aromatic heterocycles. The zero-order valence-corrected chi connectivity index (χ0v) is 10.5. The van der Waals surface area contributed by atoms with Crippen LogP contribution in [0.25, 0.3) is 11.1 Å². The normalized spacial score (nSPS) is 10.3. The van der Waals surface area contributed by atoms with Crippen LogP contribution in [0.2, 0.25) is 0 Å². The lowest BCUT2D eigenvalue weighted by Gasteiger charge is -2.04. The Morgan fingerprint density at radius 2 is 1.60 bits per heavy atom. The van der Waals surface area contributed by atoms with Gasteiger partial charge in [-0.2, -0.15) is 0 Å². The van der Waals surface area contributed by atoms with Gasteiger partial charge in [0, 0.05) is 3.57 Å². The number of benzene rings is 2. The maximum absolute atomic E-state index is 9.51. The van der Waals surface area contributed by atoms with E-state index in [0.717, 1.165) is 16.7 Å². The minimum absolute atomic E-state index is 0.323. The van der Waals surface area contributed by atoms with Gasteiger partial charge in [-0.05, 0) is 70.5 Å². The van der Waals surface area contributed by atoms with Gasteiger partial charge in [-0.15, -0.1) is 0 Å². The molecule has 0 aliphatic carbocycles. The quantitative estimate of drug-likeness (QED) is 0.790. The second-order valence-electron chi connectivity index (χ2n) is 3.56. The van der Waals surface area contributed by atoms with Crippen LogP contribution in [0.1, 0.15) is 5.56 Å². The predicted molar refractivity (Wildman–Crippen MR) is 71.0 cm³/mol. The number of hydrogen-bond donors (Lipinski definition) is 1. The molecule has 2 aromatic carbocycles. The van der Waals surface area contributed by atoms with Gasteiger partial charge in [-0.25, -0.2) is 0 Å². The molecule has 2 aromatic rings. The Bertz CT molecular complexity index is 454. The summed E-state index contributed by atoms with van der Waals surface area (Å²) in [6.45, 7) is 1.98. The molecule has 0 aliphatic heterocycles. The third-order valence-electron chi connectivity index (χ3n) is 2.24. The first-order valence-electron chi connectivity index (χ1n) is 4.72. The summed E-state index contributed by atoms with van der Waals surface area (Å²) in [6.07, 6.45) is 0. The van der Waals surface area contributed by atoms with E-state index in [9.17, 15) is 5.11 Å². The van der Waals surface area contributed by atoms with Crippen molar-refractivity contribution in [3.05, 3.63) is 51.6 Å². The minimum atomic E-state index is 0.323. The Balaban J connectivity index is 2.49. The smallest absolute Gasteiger partial charge is 0.116 e. The molecular formula is C13H11IO. The molecule has 0 spiro atoms. The van der Waals surface area contributed by atoms with Crippen LogP contribution in [-0.4, -0.2) is 5.11 Å². The van der Waals surface area contributed by atoms with Crippen molar-refractivity contribution in [3.63, 3.8) is 0 Å². The molecular weight excluding hydrogens is 299 g/mol. The SMILES string of the molecule is Cc1cc(O)cc(-c2ccc(I)cc2)c1. The van der Waals surface area contributed by atoms with E-state index in [2.05, 4.69) is 52.9 Å². The molecule has 0 saturated carbocycles. The van der Waals surface area contributed by atoms with Gasteiger partial charge >= 0.3 is 0 Å². The van der Waals surface area contributed by atoms with E-state index in [4.69, 9.17) is 0 Å². The van der Waals surface area contributed by atoms with Crippen molar-refractivity contribution in [3.8, 4) is 16.9 Å². The molecule has 2 rings (SSSR count). The van der Waals surface area contributed by atoms with Gasteiger partial charge < -0.3 is 5.11 Å². The molecule has 0 saturated heterocycles. The first-order chi connectivity index (χ1) is 7.15. The Hall–Kier alpha value is -1.03. The summed E-state index contributed by atoms with van der Waals surface area (Å²) < 4.78 is 1.22. The Kier molecular flexibility index (Phi) is 2.95. The molecule has 1 nitrogen and oxygen atoms in total. The van der Waals surface area contributed by atoms with Crippen molar-refractivity contribution in [1.82, 2.24) is 0 Å². The maximum Gasteiger partial charge on any atom is 0.116 e. The van der Waals surface area contributed by atoms with Crippen molar-refractivity contribution >= 4 is 22.6 Å². The molecule has 2 heteroatoms. The number of phenols is 1. The zero-order valence-electron chi connectivity index (χ0n) is 8.37. The summed E-state index contributed by atoms with van der Waals surface area (Å²) in [4.78, 5) is 0. The van der Waals surface area contributed by atoms with E-state index in [1.165, 1.54) is 3.57 Å². The molecule has 1 N–H and O–H groups in total. The van der Waals surface area contributed by atoms with E-state index < -0.39 is 0 Å². The van der Waals surface area contributed by atoms with E-state index in [-0.39, 0.29) is 0 Å². The molecule has 0 bridgehead atoms. The van der Waals surface area contributed by atoms with Gasteiger partial charge in [0.15, 0.2) is 0 Å². The van der Waals surface area contributed by atoms with Crippen LogP contribution < -0.4 is 0 Å². The average molecular weight is 310 g/mol. The third kappa shape index (κ3) is 2.50. The lowest BCUT2D eigenvalue weighted by molar-refractivity contribution is 0.475. The summed E-state index contributed by atoms with van der Waals surface area (Å²) in [5, 5.41) is 9.51. The largest absolute Gasteiger partial charge is 0.508 e. The zero-order chi connectivity index (χ0) is 10.8. The Morgan fingerprint density at radius 3 is 2.20 bits per heavy atom. The minimum Gasteiger partial charge on any atom is -0.508 e. The Morgan fingerprint density at radius 1 is 0.933 bits per heavy atom. The van der Waals surface area contributed by atoms with Crippen molar-refractivity contribution in [1.29, 1.82) is 0 Å². The predicted octanol–water partition coefficient (Wildman–Crippen LogP) is 3.97. The van der Waals surface area contributed by atoms with Crippen LogP contribution in [0.15, 0.2) is 42.5 Å². The van der Waals surface area contributed by atoms with Gasteiger partial charge in [0.05, 0.1) is 0 Å². The highest BCUT2D eigenvalue weighted by molar-refractivity contribution is 14.1. The average Bonchev–Trinajstić information content (AvgIpc) is 2.17. The first kappa shape index (κ1) is 10.5. The van der Waals surface area contributed by atoms with Crippen LogP contribution in [0.5, 0.6) is 5.75 Å². The summed E-state index contributed by atoms with van der Waals surface area (Å²) in [5.41, 5.74) is 3.27. The molecule has 76 valence electrons. The molecule has 0 aliphatic rings. The molecule has 15 heavy (non-hydrogen) atoms. The standard InChI is InChI=1S/C13H11IO/c1-9-6-11(8-13(15)7-9)10-2-4-12(14)5-3-10/h2-8,15H,1H3. The number of hydrogen-bond acceptors (Lipinski definition) is 1. The number of phenolic OH excluding ortho intramolecular Hbond substituents is 1. The van der Waals surface area contributed by atoms with E-state index in [1.807, 2.05) is 6.92 Å². The number of aryl methyl sites for hydroxylation is 1. The topological polar surface area (TPSA) is 20.2 Å². The monoisotopic (exact) mass is 310 g/mol. The molecule has 0 radical (unpaired) electrons. The third-order valence-corrected chi connectivity index (χ3v) is 2.96. The van der Waals surface area contributed by atoms with Crippen LogP contribution in [0.4, 0.5) is 0 Å². The lowest BCUT2D eigenvalue weighted by Crippen LogP contribution is -1.80. The second-order valence-corrected chi connectivity index (χ2v) is 4.81. The number of rotatable bonds is 1. The van der Waals surface area contributed by atoms with Crippen LogP contribution in [0.3, 0.4) is 0 Å².